The van der Waals surface area contributed by atoms with E-state index in [1.165, 1.54) is 5.69 Å². The van der Waals surface area contributed by atoms with Gasteiger partial charge in [0.25, 0.3) is 0 Å². The molecule has 1 saturated heterocycles. The second-order valence-electron chi connectivity index (χ2n) is 6.05. The second-order valence-corrected chi connectivity index (χ2v) is 6.05. The lowest BCUT2D eigenvalue weighted by Crippen LogP contribution is -2.47. The van der Waals surface area contributed by atoms with E-state index in [9.17, 15) is 5.11 Å². The van der Waals surface area contributed by atoms with E-state index in [-0.39, 0.29) is 0 Å². The maximum absolute atomic E-state index is 9.76. The Hall–Kier alpha value is -1.57. The van der Waals surface area contributed by atoms with Crippen molar-refractivity contribution in [3.63, 3.8) is 0 Å². The van der Waals surface area contributed by atoms with Crippen molar-refractivity contribution in [3.05, 3.63) is 29.8 Å². The van der Waals surface area contributed by atoms with Gasteiger partial charge in [0.05, 0.1) is 17.2 Å². The fraction of sp³-hybridized carbons (Fsp3) is 0.562. The Bertz CT molecular complexity index is 462. The van der Waals surface area contributed by atoms with E-state index in [2.05, 4.69) is 15.9 Å². The van der Waals surface area contributed by atoms with Crippen LogP contribution in [0.1, 0.15) is 25.8 Å². The van der Waals surface area contributed by atoms with Gasteiger partial charge < -0.3 is 10.0 Å². The molecule has 0 unspecified atom stereocenters. The lowest BCUT2D eigenvalue weighted by atomic mass is 10.1. The summed E-state index contributed by atoms with van der Waals surface area (Å²) in [5.41, 5.74) is 1.31. The minimum Gasteiger partial charge on any atom is -0.390 e. The van der Waals surface area contributed by atoms with Gasteiger partial charge in [-0.15, -0.1) is 0 Å². The summed E-state index contributed by atoms with van der Waals surface area (Å²) in [6.45, 7) is 8.71. The summed E-state index contributed by atoms with van der Waals surface area (Å²) in [6, 6.07) is 9.92. The summed E-state index contributed by atoms with van der Waals surface area (Å²) in [7, 11) is 0. The van der Waals surface area contributed by atoms with Gasteiger partial charge >= 0.3 is 0 Å². The van der Waals surface area contributed by atoms with Gasteiger partial charge in [-0.05, 0) is 44.5 Å². The third kappa shape index (κ3) is 4.22. The first-order valence-corrected chi connectivity index (χ1v) is 7.18. The molecule has 1 heterocycles. The molecule has 1 N–H and O–H groups in total. The predicted octanol–water partition coefficient (Wildman–Crippen LogP) is 1.84. The number of rotatable bonds is 4. The molecule has 1 aromatic carbocycles. The molecular weight excluding hydrogens is 250 g/mol. The molecule has 0 aliphatic carbocycles. The molecule has 0 amide bonds. The van der Waals surface area contributed by atoms with Crippen LogP contribution in [0.4, 0.5) is 5.69 Å². The molecule has 108 valence electrons. The van der Waals surface area contributed by atoms with Gasteiger partial charge in [-0.25, -0.2) is 0 Å². The summed E-state index contributed by atoms with van der Waals surface area (Å²) < 4.78 is 0. The highest BCUT2D eigenvalue weighted by Gasteiger charge is 2.20. The minimum absolute atomic E-state index is 0.579. The third-order valence-corrected chi connectivity index (χ3v) is 3.77. The standard InChI is InChI=1S/C16H23N3O/c1-16(2,20)7-8-18-9-11-19(12-10-18)15-5-3-14(13-17)4-6-15/h3-6,20H,7-12H2,1-2H3. The van der Waals surface area contributed by atoms with E-state index < -0.39 is 5.60 Å². The van der Waals surface area contributed by atoms with Crippen LogP contribution in [-0.2, 0) is 0 Å². The van der Waals surface area contributed by atoms with Crippen LogP contribution in [0.25, 0.3) is 0 Å². The van der Waals surface area contributed by atoms with E-state index in [0.29, 0.717) is 5.56 Å². The number of nitrogens with zero attached hydrogens (tertiary/aromatic N) is 3. The molecule has 1 fully saturated rings. The van der Waals surface area contributed by atoms with Crippen molar-refractivity contribution in [2.45, 2.75) is 25.9 Å². The first kappa shape index (κ1) is 14.8. The van der Waals surface area contributed by atoms with Crippen LogP contribution in [0.3, 0.4) is 0 Å². The quantitative estimate of drug-likeness (QED) is 0.909. The molecule has 0 bridgehead atoms. The number of benzene rings is 1. The molecule has 1 aliphatic rings. The predicted molar refractivity (Wildman–Crippen MR) is 80.7 cm³/mol. The van der Waals surface area contributed by atoms with Crippen molar-refractivity contribution in [3.8, 4) is 6.07 Å². The number of nitriles is 1. The maximum atomic E-state index is 9.76. The minimum atomic E-state index is -0.579. The molecule has 4 nitrogen and oxygen atoms in total. The fourth-order valence-corrected chi connectivity index (χ4v) is 2.41. The normalized spacial score (nSPS) is 17.0. The smallest absolute Gasteiger partial charge is 0.0991 e. The van der Waals surface area contributed by atoms with Gasteiger partial charge in [-0.1, -0.05) is 0 Å². The topological polar surface area (TPSA) is 50.5 Å². The van der Waals surface area contributed by atoms with Crippen molar-refractivity contribution in [2.75, 3.05) is 37.6 Å². The molecule has 0 spiro atoms. The monoisotopic (exact) mass is 273 g/mol. The van der Waals surface area contributed by atoms with Gasteiger partial charge in [-0.3, -0.25) is 4.90 Å². The number of piperazine rings is 1. The summed E-state index contributed by atoms with van der Waals surface area (Å²) in [5, 5.41) is 18.6. The first-order valence-electron chi connectivity index (χ1n) is 7.18. The van der Waals surface area contributed by atoms with E-state index in [1.54, 1.807) is 0 Å². The molecule has 20 heavy (non-hydrogen) atoms. The van der Waals surface area contributed by atoms with E-state index >= 15 is 0 Å². The molecule has 0 radical (unpaired) electrons. The van der Waals surface area contributed by atoms with E-state index in [1.807, 2.05) is 38.1 Å². The van der Waals surface area contributed by atoms with Crippen LogP contribution in [0.5, 0.6) is 0 Å². The highest BCUT2D eigenvalue weighted by atomic mass is 16.3. The number of anilines is 1. The number of hydrogen-bond donors (Lipinski definition) is 1. The first-order chi connectivity index (χ1) is 9.48. The van der Waals surface area contributed by atoms with Crippen LogP contribution in [-0.4, -0.2) is 48.3 Å². The Morgan fingerprint density at radius 2 is 1.75 bits per heavy atom. The maximum Gasteiger partial charge on any atom is 0.0991 e. The molecule has 2 rings (SSSR count). The van der Waals surface area contributed by atoms with Gasteiger partial charge in [-0.2, -0.15) is 5.26 Å². The molecule has 0 atom stereocenters. The Balaban J connectivity index is 1.83. The zero-order valence-corrected chi connectivity index (χ0v) is 12.3. The van der Waals surface area contributed by atoms with Crippen LogP contribution in [0, 0.1) is 11.3 Å². The average molecular weight is 273 g/mol. The van der Waals surface area contributed by atoms with Gasteiger partial charge in [0.1, 0.15) is 0 Å². The Morgan fingerprint density at radius 3 is 2.25 bits per heavy atom. The second kappa shape index (κ2) is 6.25. The van der Waals surface area contributed by atoms with Crippen LogP contribution < -0.4 is 4.90 Å². The zero-order chi connectivity index (χ0) is 14.6. The molecule has 1 aromatic rings. The Kier molecular flexibility index (Phi) is 4.64. The van der Waals surface area contributed by atoms with Crippen LogP contribution >= 0.6 is 0 Å². The van der Waals surface area contributed by atoms with Crippen LogP contribution in [0.15, 0.2) is 24.3 Å². The SMILES string of the molecule is CC(C)(O)CCN1CCN(c2ccc(C#N)cc2)CC1. The molecule has 0 aromatic heterocycles. The van der Waals surface area contributed by atoms with Crippen molar-refractivity contribution >= 4 is 5.69 Å². The summed E-state index contributed by atoms with van der Waals surface area (Å²) in [4.78, 5) is 4.75. The summed E-state index contributed by atoms with van der Waals surface area (Å²) in [5.74, 6) is 0. The average Bonchev–Trinajstić information content (AvgIpc) is 2.45. The molecule has 1 aliphatic heterocycles. The van der Waals surface area contributed by atoms with Gasteiger partial charge in [0, 0.05) is 38.4 Å². The lowest BCUT2D eigenvalue weighted by molar-refractivity contribution is 0.0569. The number of aliphatic hydroxyl groups is 1. The third-order valence-electron chi connectivity index (χ3n) is 3.77. The number of hydrogen-bond acceptors (Lipinski definition) is 4. The largest absolute Gasteiger partial charge is 0.390 e. The van der Waals surface area contributed by atoms with E-state index in [0.717, 1.165) is 39.1 Å². The van der Waals surface area contributed by atoms with Crippen molar-refractivity contribution in [1.29, 1.82) is 5.26 Å². The molecule has 4 heteroatoms. The van der Waals surface area contributed by atoms with Crippen molar-refractivity contribution in [2.24, 2.45) is 0 Å². The highest BCUT2D eigenvalue weighted by molar-refractivity contribution is 5.50. The van der Waals surface area contributed by atoms with Gasteiger partial charge in [0.2, 0.25) is 0 Å². The molecule has 0 saturated carbocycles. The molecular formula is C16H23N3O. The van der Waals surface area contributed by atoms with Gasteiger partial charge in [0.15, 0.2) is 0 Å². The van der Waals surface area contributed by atoms with Crippen LogP contribution in [0.2, 0.25) is 0 Å². The highest BCUT2D eigenvalue weighted by Crippen LogP contribution is 2.18. The Morgan fingerprint density at radius 1 is 1.15 bits per heavy atom. The van der Waals surface area contributed by atoms with Crippen molar-refractivity contribution in [1.82, 2.24) is 4.90 Å². The summed E-state index contributed by atoms with van der Waals surface area (Å²) >= 11 is 0. The fourth-order valence-electron chi connectivity index (χ4n) is 2.41. The Labute approximate surface area is 121 Å². The zero-order valence-electron chi connectivity index (χ0n) is 12.3. The lowest BCUT2D eigenvalue weighted by Gasteiger charge is -2.37. The van der Waals surface area contributed by atoms with E-state index in [4.69, 9.17) is 5.26 Å². The summed E-state index contributed by atoms with van der Waals surface area (Å²) in [6.07, 6.45) is 0.809. The van der Waals surface area contributed by atoms with Crippen molar-refractivity contribution < 1.29 is 5.11 Å².